The van der Waals surface area contributed by atoms with Gasteiger partial charge in [0.25, 0.3) is 0 Å². The molecule has 100 valence electrons. The van der Waals surface area contributed by atoms with Gasteiger partial charge in [-0.05, 0) is 37.8 Å². The van der Waals surface area contributed by atoms with Crippen molar-refractivity contribution >= 4 is 0 Å². The summed E-state index contributed by atoms with van der Waals surface area (Å²) in [6.07, 6.45) is 13.0. The first-order chi connectivity index (χ1) is 9.28. The van der Waals surface area contributed by atoms with Crippen molar-refractivity contribution in [3.8, 4) is 23.7 Å². The highest BCUT2D eigenvalue weighted by molar-refractivity contribution is 5.33. The molecular weight excluding hydrogens is 232 g/mol. The number of ether oxygens (including phenoxy) is 1. The SMILES string of the molecule is CC=CC=C(C#CCC)OC(C#CCC)=CC=CC. The average molecular weight is 254 g/mol. The van der Waals surface area contributed by atoms with Gasteiger partial charge in [0.2, 0.25) is 0 Å². The van der Waals surface area contributed by atoms with Crippen LogP contribution in [0.15, 0.2) is 48.0 Å². The van der Waals surface area contributed by atoms with Gasteiger partial charge in [-0.1, -0.05) is 50.0 Å². The fraction of sp³-hybridized carbons (Fsp3) is 0.333. The quantitative estimate of drug-likeness (QED) is 0.399. The first-order valence-electron chi connectivity index (χ1n) is 6.59. The largest absolute Gasteiger partial charge is 0.439 e. The first kappa shape index (κ1) is 16.9. The second-order valence-corrected chi connectivity index (χ2v) is 3.53. The van der Waals surface area contributed by atoms with Gasteiger partial charge in [0.1, 0.15) is 0 Å². The fourth-order valence-corrected chi connectivity index (χ4v) is 1.04. The minimum atomic E-state index is 0.612. The molecule has 0 aromatic carbocycles. The Kier molecular flexibility index (Phi) is 11.0. The Morgan fingerprint density at radius 2 is 1.26 bits per heavy atom. The van der Waals surface area contributed by atoms with Crippen LogP contribution < -0.4 is 0 Å². The summed E-state index contributed by atoms with van der Waals surface area (Å²) in [6.45, 7) is 7.92. The van der Waals surface area contributed by atoms with Crippen molar-refractivity contribution in [1.29, 1.82) is 0 Å². The van der Waals surface area contributed by atoms with Crippen LogP contribution in [0.1, 0.15) is 40.5 Å². The van der Waals surface area contributed by atoms with Crippen molar-refractivity contribution in [3.63, 3.8) is 0 Å². The van der Waals surface area contributed by atoms with E-state index in [2.05, 4.69) is 23.7 Å². The van der Waals surface area contributed by atoms with E-state index in [4.69, 9.17) is 4.74 Å². The third kappa shape index (κ3) is 9.57. The lowest BCUT2D eigenvalue weighted by atomic mass is 10.3. The maximum absolute atomic E-state index is 5.73. The molecule has 0 saturated carbocycles. The molecule has 0 aliphatic rings. The summed E-state index contributed by atoms with van der Waals surface area (Å²) in [5.74, 6) is 13.2. The van der Waals surface area contributed by atoms with E-state index in [0.717, 1.165) is 12.8 Å². The van der Waals surface area contributed by atoms with E-state index in [1.54, 1.807) is 0 Å². The number of rotatable bonds is 4. The van der Waals surface area contributed by atoms with E-state index < -0.39 is 0 Å². The summed E-state index contributed by atoms with van der Waals surface area (Å²) in [4.78, 5) is 0. The van der Waals surface area contributed by atoms with Gasteiger partial charge >= 0.3 is 0 Å². The highest BCUT2D eigenvalue weighted by atomic mass is 16.5. The number of hydrogen-bond acceptors (Lipinski definition) is 1. The van der Waals surface area contributed by atoms with E-state index in [0.29, 0.717) is 11.5 Å². The molecule has 0 atom stereocenters. The van der Waals surface area contributed by atoms with Crippen LogP contribution in [0.5, 0.6) is 0 Å². The molecule has 0 fully saturated rings. The second-order valence-electron chi connectivity index (χ2n) is 3.53. The van der Waals surface area contributed by atoms with Gasteiger partial charge in [-0.2, -0.15) is 0 Å². The predicted octanol–water partition coefficient (Wildman–Crippen LogP) is 4.75. The predicted molar refractivity (Wildman–Crippen MR) is 83.0 cm³/mol. The lowest BCUT2D eigenvalue weighted by Gasteiger charge is -2.02. The van der Waals surface area contributed by atoms with Gasteiger partial charge in [-0.25, -0.2) is 0 Å². The molecule has 19 heavy (non-hydrogen) atoms. The summed E-state index contributed by atoms with van der Waals surface area (Å²) in [5.41, 5.74) is 0. The summed E-state index contributed by atoms with van der Waals surface area (Å²) < 4.78 is 5.73. The maximum atomic E-state index is 5.73. The van der Waals surface area contributed by atoms with Gasteiger partial charge in [0.05, 0.1) is 0 Å². The van der Waals surface area contributed by atoms with E-state index >= 15 is 0 Å². The van der Waals surface area contributed by atoms with Crippen LogP contribution in [0, 0.1) is 23.7 Å². The molecule has 0 amide bonds. The van der Waals surface area contributed by atoms with Gasteiger partial charge in [-0.15, -0.1) is 0 Å². The topological polar surface area (TPSA) is 9.23 Å². The van der Waals surface area contributed by atoms with Crippen molar-refractivity contribution in [2.45, 2.75) is 40.5 Å². The Hall–Kier alpha value is -2.12. The Bertz CT molecular complexity index is 433. The summed E-state index contributed by atoms with van der Waals surface area (Å²) in [7, 11) is 0. The highest BCUT2D eigenvalue weighted by Gasteiger charge is 1.96. The fourth-order valence-electron chi connectivity index (χ4n) is 1.04. The Morgan fingerprint density at radius 3 is 1.58 bits per heavy atom. The van der Waals surface area contributed by atoms with Crippen molar-refractivity contribution in [1.82, 2.24) is 0 Å². The average Bonchev–Trinajstić information content (AvgIpc) is 2.44. The van der Waals surface area contributed by atoms with Crippen LogP contribution in [0.3, 0.4) is 0 Å². The van der Waals surface area contributed by atoms with Crippen molar-refractivity contribution in [3.05, 3.63) is 48.0 Å². The lowest BCUT2D eigenvalue weighted by Crippen LogP contribution is -1.89. The molecular formula is C18H22O. The molecule has 1 heteroatoms. The number of allylic oxidation sites excluding steroid dienone is 8. The molecule has 0 radical (unpaired) electrons. The Balaban J connectivity index is 5.13. The van der Waals surface area contributed by atoms with Crippen LogP contribution in [0.25, 0.3) is 0 Å². The standard InChI is InChI=1S/C18H22O/c1-5-9-13-17(14-10-6-2)19-18(15-11-7-3)16-12-8-4/h5,7,9,11,13,15H,6,8H2,1-4H3. The van der Waals surface area contributed by atoms with E-state index in [1.807, 2.05) is 64.2 Å². The van der Waals surface area contributed by atoms with Gasteiger partial charge in [0, 0.05) is 12.8 Å². The number of hydrogen-bond donors (Lipinski definition) is 0. The van der Waals surface area contributed by atoms with Crippen molar-refractivity contribution < 1.29 is 4.74 Å². The molecule has 0 N–H and O–H groups in total. The van der Waals surface area contributed by atoms with Crippen LogP contribution in [-0.4, -0.2) is 0 Å². The van der Waals surface area contributed by atoms with Crippen LogP contribution in [0.4, 0.5) is 0 Å². The molecule has 0 unspecified atom stereocenters. The molecule has 1 nitrogen and oxygen atoms in total. The molecule has 0 heterocycles. The molecule has 0 rings (SSSR count). The summed E-state index contributed by atoms with van der Waals surface area (Å²) in [5, 5.41) is 0. The molecule has 0 aromatic rings. The molecule has 0 aromatic heterocycles. The zero-order chi connectivity index (χ0) is 14.3. The van der Waals surface area contributed by atoms with E-state index in [1.165, 1.54) is 0 Å². The van der Waals surface area contributed by atoms with E-state index in [-0.39, 0.29) is 0 Å². The Morgan fingerprint density at radius 1 is 0.842 bits per heavy atom. The van der Waals surface area contributed by atoms with Gasteiger partial charge in [0.15, 0.2) is 11.5 Å². The molecule has 0 aliphatic heterocycles. The van der Waals surface area contributed by atoms with Crippen LogP contribution in [-0.2, 0) is 4.74 Å². The van der Waals surface area contributed by atoms with Crippen molar-refractivity contribution in [2.24, 2.45) is 0 Å². The Labute approximate surface area is 117 Å². The third-order valence-electron chi connectivity index (χ3n) is 1.88. The van der Waals surface area contributed by atoms with Crippen LogP contribution >= 0.6 is 0 Å². The summed E-state index contributed by atoms with van der Waals surface area (Å²) in [6, 6.07) is 0. The van der Waals surface area contributed by atoms with Crippen molar-refractivity contribution in [2.75, 3.05) is 0 Å². The molecule has 0 spiro atoms. The molecule has 0 saturated heterocycles. The first-order valence-corrected chi connectivity index (χ1v) is 6.59. The second kappa shape index (κ2) is 12.3. The van der Waals surface area contributed by atoms with Gasteiger partial charge < -0.3 is 4.74 Å². The monoisotopic (exact) mass is 254 g/mol. The highest BCUT2D eigenvalue weighted by Crippen LogP contribution is 2.06. The minimum Gasteiger partial charge on any atom is -0.439 e. The normalized spacial score (nSPS) is 12.0. The van der Waals surface area contributed by atoms with E-state index in [9.17, 15) is 0 Å². The summed E-state index contributed by atoms with van der Waals surface area (Å²) >= 11 is 0. The lowest BCUT2D eigenvalue weighted by molar-refractivity contribution is 0.345. The minimum absolute atomic E-state index is 0.612. The zero-order valence-electron chi connectivity index (χ0n) is 12.3. The third-order valence-corrected chi connectivity index (χ3v) is 1.88. The van der Waals surface area contributed by atoms with Gasteiger partial charge in [-0.3, -0.25) is 0 Å². The molecule has 0 aliphatic carbocycles. The zero-order valence-corrected chi connectivity index (χ0v) is 12.3. The smallest absolute Gasteiger partial charge is 0.178 e. The maximum Gasteiger partial charge on any atom is 0.178 e. The van der Waals surface area contributed by atoms with Crippen LogP contribution in [0.2, 0.25) is 0 Å². The molecule has 0 bridgehead atoms.